The molecular weight excluding hydrogens is 572 g/mol. The fourth-order valence-corrected chi connectivity index (χ4v) is 6.61. The lowest BCUT2D eigenvalue weighted by Gasteiger charge is -2.21. The predicted molar refractivity (Wildman–Crippen MR) is 187 cm³/mol. The zero-order valence-electron chi connectivity index (χ0n) is 26.8. The molecule has 0 unspecified atom stereocenters. The van der Waals surface area contributed by atoms with Gasteiger partial charge in [-0.3, -0.25) is 14.6 Å². The average molecular weight is 617 g/mol. The number of hydrogen-bond acceptors (Lipinski definition) is 5. The molecule has 238 valence electrons. The summed E-state index contributed by atoms with van der Waals surface area (Å²) < 4.78 is 7.26. The monoisotopic (exact) mass is 616 g/mol. The van der Waals surface area contributed by atoms with E-state index < -0.39 is 0 Å². The molecule has 0 radical (unpaired) electrons. The van der Waals surface area contributed by atoms with Gasteiger partial charge in [-0.25, -0.2) is 0 Å². The second kappa shape index (κ2) is 15.1. The first-order valence-electron chi connectivity index (χ1n) is 16.8. The molecule has 46 heavy (non-hydrogen) atoms. The van der Waals surface area contributed by atoms with Gasteiger partial charge in [-0.05, 0) is 80.0 Å². The Bertz CT molecular complexity index is 1860. The van der Waals surface area contributed by atoms with Crippen LogP contribution in [0.4, 0.5) is 5.69 Å². The molecule has 1 aliphatic carbocycles. The quantitative estimate of drug-likeness (QED) is 0.125. The van der Waals surface area contributed by atoms with Crippen LogP contribution in [0.3, 0.4) is 0 Å². The first-order valence-corrected chi connectivity index (χ1v) is 16.8. The van der Waals surface area contributed by atoms with E-state index in [0.717, 1.165) is 67.4 Å². The Balaban J connectivity index is 0.953. The Labute approximate surface area is 271 Å². The van der Waals surface area contributed by atoms with Gasteiger partial charge in [0, 0.05) is 48.0 Å². The maximum absolute atomic E-state index is 13.2. The van der Waals surface area contributed by atoms with Gasteiger partial charge in [-0.2, -0.15) is 0 Å². The van der Waals surface area contributed by atoms with Gasteiger partial charge in [0.25, 0.3) is 5.91 Å². The lowest BCUT2D eigenvalue weighted by atomic mass is 9.92. The van der Waals surface area contributed by atoms with E-state index in [0.29, 0.717) is 18.5 Å². The molecule has 2 N–H and O–H groups in total. The van der Waals surface area contributed by atoms with Crippen LogP contribution in [0.2, 0.25) is 0 Å². The first kappa shape index (κ1) is 31.3. The number of hydrogen-bond donors (Lipinski definition) is 2. The van der Waals surface area contributed by atoms with E-state index in [1.807, 2.05) is 47.0 Å². The van der Waals surface area contributed by atoms with Crippen LogP contribution in [0.1, 0.15) is 78.5 Å². The predicted octanol–water partition coefficient (Wildman–Crippen LogP) is 7.67. The Morgan fingerprint density at radius 2 is 1.52 bits per heavy atom. The van der Waals surface area contributed by atoms with Gasteiger partial charge in [0.2, 0.25) is 5.43 Å². The number of benzene rings is 3. The molecule has 1 aliphatic rings. The van der Waals surface area contributed by atoms with E-state index in [-0.39, 0.29) is 16.9 Å². The highest BCUT2D eigenvalue weighted by Gasteiger charge is 2.18. The van der Waals surface area contributed by atoms with Crippen molar-refractivity contribution in [3.8, 4) is 5.75 Å². The van der Waals surface area contributed by atoms with Crippen LogP contribution in [-0.2, 0) is 19.4 Å². The normalized spacial score (nSPS) is 12.6. The number of aryl methyl sites for hydroxylation is 1. The highest BCUT2D eigenvalue weighted by Crippen LogP contribution is 2.33. The molecule has 0 saturated carbocycles. The maximum Gasteiger partial charge on any atom is 0.256 e. The average Bonchev–Trinajstić information content (AvgIpc) is 3.10. The third kappa shape index (κ3) is 7.25. The van der Waals surface area contributed by atoms with Crippen LogP contribution >= 0.6 is 0 Å². The van der Waals surface area contributed by atoms with Gasteiger partial charge in [0.15, 0.2) is 0 Å². The highest BCUT2D eigenvalue weighted by molar-refractivity contribution is 5.97. The number of carbonyl (C=O) groups is 1. The van der Waals surface area contributed by atoms with Crippen LogP contribution in [0.15, 0.2) is 83.8 Å². The zero-order valence-corrected chi connectivity index (χ0v) is 26.8. The molecule has 2 heterocycles. The highest BCUT2D eigenvalue weighted by atomic mass is 16.5. The topological polar surface area (TPSA) is 85.2 Å². The first-order chi connectivity index (χ1) is 22.6. The number of rotatable bonds is 14. The fraction of sp³-hybridized carbons (Fsp3) is 0.359. The second-order valence-corrected chi connectivity index (χ2v) is 12.3. The van der Waals surface area contributed by atoms with Gasteiger partial charge in [0.05, 0.1) is 18.1 Å². The van der Waals surface area contributed by atoms with Crippen molar-refractivity contribution in [1.29, 1.82) is 0 Å². The number of fused-ring (bicyclic) bond motifs is 3. The van der Waals surface area contributed by atoms with Crippen LogP contribution < -0.4 is 20.8 Å². The lowest BCUT2D eigenvalue weighted by Crippen LogP contribution is -2.30. The van der Waals surface area contributed by atoms with Gasteiger partial charge in [-0.1, -0.05) is 68.1 Å². The Morgan fingerprint density at radius 3 is 2.33 bits per heavy atom. The molecule has 5 aromatic rings. The minimum atomic E-state index is -0.309. The fourth-order valence-electron chi connectivity index (χ4n) is 6.61. The molecular formula is C39H44N4O3. The van der Waals surface area contributed by atoms with Crippen molar-refractivity contribution in [2.45, 2.75) is 70.8 Å². The van der Waals surface area contributed by atoms with Crippen molar-refractivity contribution in [2.75, 3.05) is 25.5 Å². The van der Waals surface area contributed by atoms with Gasteiger partial charge < -0.3 is 19.9 Å². The molecule has 7 nitrogen and oxygen atoms in total. The largest absolute Gasteiger partial charge is 0.497 e. The number of carbonyl (C=O) groups excluding carboxylic acids is 1. The Kier molecular flexibility index (Phi) is 10.3. The van der Waals surface area contributed by atoms with Crippen LogP contribution in [0.5, 0.6) is 5.75 Å². The van der Waals surface area contributed by atoms with Crippen molar-refractivity contribution in [2.24, 2.45) is 0 Å². The minimum absolute atomic E-state index is 0.183. The molecule has 1 amide bonds. The summed E-state index contributed by atoms with van der Waals surface area (Å²) in [6.07, 6.45) is 12.9. The van der Waals surface area contributed by atoms with Gasteiger partial charge >= 0.3 is 0 Å². The number of nitrogens with one attached hydrogen (secondary N) is 2. The summed E-state index contributed by atoms with van der Waals surface area (Å²) in [6.45, 7) is 2.07. The Hall–Kier alpha value is -4.65. The van der Waals surface area contributed by atoms with Crippen LogP contribution in [-0.4, -0.2) is 35.7 Å². The van der Waals surface area contributed by atoms with E-state index in [4.69, 9.17) is 9.72 Å². The zero-order chi connectivity index (χ0) is 31.7. The number of nitrogens with zero attached hydrogens (tertiary/aromatic N) is 2. The van der Waals surface area contributed by atoms with Crippen molar-refractivity contribution >= 4 is 33.4 Å². The van der Waals surface area contributed by atoms with Crippen LogP contribution in [0.25, 0.3) is 21.8 Å². The molecule has 0 saturated heterocycles. The summed E-state index contributed by atoms with van der Waals surface area (Å²) in [7, 11) is 1.64. The van der Waals surface area contributed by atoms with Gasteiger partial charge in [0.1, 0.15) is 11.3 Å². The van der Waals surface area contributed by atoms with Crippen LogP contribution in [0, 0.1) is 0 Å². The third-order valence-corrected chi connectivity index (χ3v) is 9.10. The molecule has 0 aliphatic heterocycles. The van der Waals surface area contributed by atoms with Gasteiger partial charge in [-0.15, -0.1) is 0 Å². The summed E-state index contributed by atoms with van der Waals surface area (Å²) in [5, 5.41) is 8.56. The number of aromatic nitrogens is 2. The van der Waals surface area contributed by atoms with E-state index in [1.54, 1.807) is 19.4 Å². The summed E-state index contributed by atoms with van der Waals surface area (Å²) in [6, 6.07) is 23.8. The van der Waals surface area contributed by atoms with Crippen molar-refractivity contribution < 1.29 is 9.53 Å². The maximum atomic E-state index is 13.2. The molecule has 3 aromatic carbocycles. The van der Waals surface area contributed by atoms with Crippen molar-refractivity contribution in [3.63, 3.8) is 0 Å². The lowest BCUT2D eigenvalue weighted by molar-refractivity contribution is 0.0951. The number of pyridine rings is 2. The summed E-state index contributed by atoms with van der Waals surface area (Å²) >= 11 is 0. The molecule has 0 spiro atoms. The number of unbranched alkanes of at least 4 members (excludes halogenated alkanes) is 5. The number of amides is 1. The molecule has 2 aromatic heterocycles. The molecule has 0 bridgehead atoms. The summed E-state index contributed by atoms with van der Waals surface area (Å²) in [5.74, 6) is 0.481. The SMILES string of the molecule is COc1ccc(Cn2cc(C(=O)NCCCCCCCCNc3c4c(nc5ccccc35)CCCC4)c(=O)c3ccccc32)cc1. The number of anilines is 1. The Morgan fingerprint density at radius 1 is 0.826 bits per heavy atom. The molecule has 0 atom stereocenters. The number of ether oxygens (including phenoxy) is 1. The smallest absolute Gasteiger partial charge is 0.256 e. The minimum Gasteiger partial charge on any atom is -0.497 e. The van der Waals surface area contributed by atoms with Crippen molar-refractivity contribution in [3.05, 3.63) is 112 Å². The van der Waals surface area contributed by atoms with E-state index in [9.17, 15) is 9.59 Å². The summed E-state index contributed by atoms with van der Waals surface area (Å²) in [4.78, 5) is 31.3. The van der Waals surface area contributed by atoms with Crippen molar-refractivity contribution in [1.82, 2.24) is 14.9 Å². The van der Waals surface area contributed by atoms with E-state index in [1.165, 1.54) is 48.0 Å². The van der Waals surface area contributed by atoms with E-state index in [2.05, 4.69) is 34.9 Å². The molecule has 0 fully saturated rings. The third-order valence-electron chi connectivity index (χ3n) is 9.10. The number of para-hydroxylation sites is 2. The standard InChI is InChI=1S/C39H44N4O3/c1-46-29-22-20-28(21-23-29)26-43-27-33(38(44)32-16-8-11-19-36(32)43)39(45)41-25-13-5-3-2-4-12-24-40-37-30-14-6-9-17-34(30)42-35-18-10-7-15-31(35)37/h6,8-9,11,14,16-17,19-23,27H,2-5,7,10,12-13,15,18,24-26H2,1H3,(H,40,42)(H,41,45). The second-order valence-electron chi connectivity index (χ2n) is 12.3. The summed E-state index contributed by atoms with van der Waals surface area (Å²) in [5.41, 5.74) is 6.92. The molecule has 7 heteroatoms. The van der Waals surface area contributed by atoms with E-state index >= 15 is 0 Å². The molecule has 6 rings (SSSR count). The number of methoxy groups -OCH3 is 1.